The molecule has 108 valence electrons. The van der Waals surface area contributed by atoms with Crippen LogP contribution in [-0.2, 0) is 10.0 Å². The number of hydrogen-bond donors (Lipinski definition) is 2. The molecule has 1 aliphatic rings. The number of hydrogen-bond acceptors (Lipinski definition) is 4. The third kappa shape index (κ3) is 4.02. The Hall–Kier alpha value is -0.430. The molecule has 0 aliphatic carbocycles. The number of piperidine rings is 1. The highest BCUT2D eigenvalue weighted by molar-refractivity contribution is 7.89. The molecule has 4 nitrogen and oxygen atoms in total. The maximum atomic E-state index is 12.2. The molecule has 0 amide bonds. The largest absolute Gasteiger partial charge is 0.316 e. The van der Waals surface area contributed by atoms with Crippen LogP contribution in [0.25, 0.3) is 0 Å². The number of thiophene rings is 1. The van der Waals surface area contributed by atoms with E-state index in [1.165, 1.54) is 24.2 Å². The summed E-state index contributed by atoms with van der Waals surface area (Å²) in [6.45, 7) is 6.43. The van der Waals surface area contributed by atoms with Crippen LogP contribution in [0.1, 0.15) is 29.0 Å². The van der Waals surface area contributed by atoms with Gasteiger partial charge in [-0.3, -0.25) is 0 Å². The van der Waals surface area contributed by atoms with Crippen LogP contribution in [0.15, 0.2) is 11.0 Å². The Morgan fingerprint density at radius 1 is 1.47 bits per heavy atom. The summed E-state index contributed by atoms with van der Waals surface area (Å²) < 4.78 is 27.1. The first-order chi connectivity index (χ1) is 8.99. The molecule has 1 aliphatic heterocycles. The lowest BCUT2D eigenvalue weighted by Crippen LogP contribution is -2.33. The van der Waals surface area contributed by atoms with Crippen molar-refractivity contribution in [3.8, 4) is 0 Å². The summed E-state index contributed by atoms with van der Waals surface area (Å²) >= 11 is 1.53. The number of aryl methyl sites for hydroxylation is 2. The molecule has 0 radical (unpaired) electrons. The van der Waals surface area contributed by atoms with Crippen molar-refractivity contribution in [1.29, 1.82) is 0 Å². The summed E-state index contributed by atoms with van der Waals surface area (Å²) in [4.78, 5) is 2.34. The van der Waals surface area contributed by atoms with Gasteiger partial charge in [0.15, 0.2) is 0 Å². The van der Waals surface area contributed by atoms with Crippen molar-refractivity contribution < 1.29 is 8.42 Å². The zero-order valence-corrected chi connectivity index (χ0v) is 13.2. The number of rotatable bonds is 5. The van der Waals surface area contributed by atoms with Gasteiger partial charge in [0.05, 0.1) is 4.90 Å². The molecule has 1 atom stereocenters. The molecule has 0 saturated carbocycles. The lowest BCUT2D eigenvalue weighted by molar-refractivity contribution is 0.358. The van der Waals surface area contributed by atoms with Crippen molar-refractivity contribution in [2.75, 3.05) is 19.6 Å². The summed E-state index contributed by atoms with van der Waals surface area (Å²) in [5.74, 6) is 0.599. The molecule has 1 unspecified atom stereocenters. The van der Waals surface area contributed by atoms with Gasteiger partial charge in [-0.1, -0.05) is 0 Å². The van der Waals surface area contributed by atoms with Gasteiger partial charge < -0.3 is 5.32 Å². The Labute approximate surface area is 119 Å². The lowest BCUT2D eigenvalue weighted by atomic mass is 9.96. The van der Waals surface area contributed by atoms with Crippen LogP contribution >= 0.6 is 11.3 Å². The van der Waals surface area contributed by atoms with E-state index in [0.717, 1.165) is 29.3 Å². The van der Waals surface area contributed by atoms with E-state index in [2.05, 4.69) is 10.0 Å². The lowest BCUT2D eigenvalue weighted by Gasteiger charge is -2.22. The van der Waals surface area contributed by atoms with Gasteiger partial charge in [-0.25, -0.2) is 13.1 Å². The fourth-order valence-corrected chi connectivity index (χ4v) is 5.12. The second-order valence-corrected chi connectivity index (χ2v) is 8.37. The molecule has 0 spiro atoms. The minimum absolute atomic E-state index is 0.441. The topological polar surface area (TPSA) is 58.2 Å². The van der Waals surface area contributed by atoms with E-state index in [1.54, 1.807) is 6.07 Å². The Morgan fingerprint density at radius 3 is 2.84 bits per heavy atom. The SMILES string of the molecule is Cc1cc(S(=O)(=O)NCCC2CCCNC2)c(C)s1. The standard InChI is InChI=1S/C13H22N2O2S2/c1-10-8-13(11(2)18-10)19(16,17)15-7-5-12-4-3-6-14-9-12/h8,12,14-15H,3-7,9H2,1-2H3. The molecule has 0 aromatic carbocycles. The first-order valence-electron chi connectivity index (χ1n) is 6.76. The Balaban J connectivity index is 1.89. The molecule has 6 heteroatoms. The van der Waals surface area contributed by atoms with Gasteiger partial charge in [0.2, 0.25) is 10.0 Å². The van der Waals surface area contributed by atoms with Crippen LogP contribution in [0.2, 0.25) is 0 Å². The molecular formula is C13H22N2O2S2. The van der Waals surface area contributed by atoms with Gasteiger partial charge in [-0.2, -0.15) is 0 Å². The zero-order valence-electron chi connectivity index (χ0n) is 11.5. The molecule has 2 rings (SSSR count). The average Bonchev–Trinajstić information content (AvgIpc) is 2.70. The summed E-state index contributed by atoms with van der Waals surface area (Å²) in [5, 5.41) is 3.35. The molecule has 2 heterocycles. The molecule has 0 bridgehead atoms. The predicted octanol–water partition coefficient (Wildman–Crippen LogP) is 2.03. The minimum Gasteiger partial charge on any atom is -0.316 e. The van der Waals surface area contributed by atoms with Gasteiger partial charge in [-0.15, -0.1) is 11.3 Å². The smallest absolute Gasteiger partial charge is 0.241 e. The van der Waals surface area contributed by atoms with Crippen molar-refractivity contribution >= 4 is 21.4 Å². The Kier molecular flexibility index (Phi) is 5.00. The summed E-state index contributed by atoms with van der Waals surface area (Å²) in [6, 6.07) is 1.75. The van der Waals surface area contributed by atoms with Gasteiger partial charge >= 0.3 is 0 Å². The van der Waals surface area contributed by atoms with Crippen molar-refractivity contribution in [3.63, 3.8) is 0 Å². The van der Waals surface area contributed by atoms with Crippen molar-refractivity contribution in [1.82, 2.24) is 10.0 Å². The van der Waals surface area contributed by atoms with E-state index in [-0.39, 0.29) is 0 Å². The molecule has 19 heavy (non-hydrogen) atoms. The van der Waals surface area contributed by atoms with Crippen LogP contribution in [0.3, 0.4) is 0 Å². The predicted molar refractivity (Wildman–Crippen MR) is 79.2 cm³/mol. The number of sulfonamides is 1. The van der Waals surface area contributed by atoms with Crippen molar-refractivity contribution in [2.24, 2.45) is 5.92 Å². The first kappa shape index (κ1) is 15.0. The maximum absolute atomic E-state index is 12.2. The zero-order chi connectivity index (χ0) is 13.9. The maximum Gasteiger partial charge on any atom is 0.241 e. The van der Waals surface area contributed by atoms with Crippen LogP contribution < -0.4 is 10.0 Å². The van der Waals surface area contributed by atoms with Crippen LogP contribution in [-0.4, -0.2) is 28.1 Å². The second kappa shape index (κ2) is 6.35. The average molecular weight is 302 g/mol. The van der Waals surface area contributed by atoms with E-state index >= 15 is 0 Å². The third-order valence-corrected chi connectivity index (χ3v) is 6.21. The van der Waals surface area contributed by atoms with Crippen LogP contribution in [0.4, 0.5) is 0 Å². The summed E-state index contributed by atoms with van der Waals surface area (Å²) in [6.07, 6.45) is 3.31. The van der Waals surface area contributed by atoms with E-state index in [0.29, 0.717) is 17.4 Å². The third-order valence-electron chi connectivity index (χ3n) is 3.53. The van der Waals surface area contributed by atoms with Crippen molar-refractivity contribution in [2.45, 2.75) is 38.0 Å². The molecular weight excluding hydrogens is 280 g/mol. The normalized spacial score (nSPS) is 20.6. The monoisotopic (exact) mass is 302 g/mol. The minimum atomic E-state index is -3.33. The second-order valence-electron chi connectivity index (χ2n) is 5.18. The Morgan fingerprint density at radius 2 is 2.26 bits per heavy atom. The fourth-order valence-electron chi connectivity index (χ4n) is 2.52. The molecule has 2 N–H and O–H groups in total. The van der Waals surface area contributed by atoms with Gasteiger partial charge in [-0.05, 0) is 58.2 Å². The molecule has 1 aromatic rings. The van der Waals surface area contributed by atoms with E-state index in [9.17, 15) is 8.42 Å². The molecule has 1 aromatic heterocycles. The highest BCUT2D eigenvalue weighted by Crippen LogP contribution is 2.24. The summed E-state index contributed by atoms with van der Waals surface area (Å²) in [7, 11) is -3.33. The highest BCUT2D eigenvalue weighted by Gasteiger charge is 2.19. The van der Waals surface area contributed by atoms with E-state index < -0.39 is 10.0 Å². The van der Waals surface area contributed by atoms with Crippen LogP contribution in [0.5, 0.6) is 0 Å². The van der Waals surface area contributed by atoms with E-state index in [1.807, 2.05) is 13.8 Å². The number of nitrogens with one attached hydrogen (secondary N) is 2. The van der Waals surface area contributed by atoms with Crippen LogP contribution in [0, 0.1) is 19.8 Å². The quantitative estimate of drug-likeness (QED) is 0.875. The van der Waals surface area contributed by atoms with E-state index in [4.69, 9.17) is 0 Å². The van der Waals surface area contributed by atoms with Gasteiger partial charge in [0, 0.05) is 16.3 Å². The molecule has 1 saturated heterocycles. The summed E-state index contributed by atoms with van der Waals surface area (Å²) in [5.41, 5.74) is 0. The first-order valence-corrected chi connectivity index (χ1v) is 9.06. The van der Waals surface area contributed by atoms with Crippen molar-refractivity contribution in [3.05, 3.63) is 15.8 Å². The Bertz CT molecular complexity index is 517. The van der Waals surface area contributed by atoms with Gasteiger partial charge in [0.25, 0.3) is 0 Å². The molecule has 1 fully saturated rings. The van der Waals surface area contributed by atoms with Gasteiger partial charge in [0.1, 0.15) is 0 Å². The fraction of sp³-hybridized carbons (Fsp3) is 0.692. The highest BCUT2D eigenvalue weighted by atomic mass is 32.2.